The normalized spacial score (nSPS) is 16.3. The zero-order valence-corrected chi connectivity index (χ0v) is 8.97. The van der Waals surface area contributed by atoms with Crippen molar-refractivity contribution in [1.82, 2.24) is 0 Å². The molecule has 1 aliphatic rings. The van der Waals surface area contributed by atoms with Crippen LogP contribution in [-0.4, -0.2) is 37.9 Å². The van der Waals surface area contributed by atoms with Crippen LogP contribution in [0.2, 0.25) is 0 Å². The van der Waals surface area contributed by atoms with E-state index in [1.54, 1.807) is 12.1 Å². The number of benzene rings is 1. The molecule has 1 heterocycles. The second kappa shape index (κ2) is 4.40. The molecule has 1 N–H and O–H groups in total. The van der Waals surface area contributed by atoms with Crippen molar-refractivity contribution in [2.45, 2.75) is 0 Å². The fourth-order valence-electron chi connectivity index (χ4n) is 1.63. The van der Waals surface area contributed by atoms with Gasteiger partial charge >= 0.3 is 0 Å². The highest BCUT2D eigenvalue weighted by atomic mass is 16.5. The van der Waals surface area contributed by atoms with Crippen LogP contribution in [0.25, 0.3) is 0 Å². The first kappa shape index (κ1) is 10.8. The lowest BCUT2D eigenvalue weighted by Crippen LogP contribution is -2.41. The van der Waals surface area contributed by atoms with Crippen LogP contribution < -0.4 is 9.64 Å². The number of methoxy groups -OCH3 is 1. The number of carbonyl (C=O) groups excluding carboxylic acids is 1. The van der Waals surface area contributed by atoms with Gasteiger partial charge in [0, 0.05) is 12.6 Å². The number of ether oxygens (including phenoxy) is 2. The Hall–Kier alpha value is -1.75. The minimum atomic E-state index is -0.147. The van der Waals surface area contributed by atoms with Crippen LogP contribution >= 0.6 is 0 Å². The standard InChI is InChI=1S/C11H13NO4/c1-15-8-2-3-9(10(13)6-8)12-4-5-16-7-11(12)14/h2-3,6,13H,4-5,7H2,1H3. The smallest absolute Gasteiger partial charge is 0.253 e. The number of anilines is 1. The molecule has 1 fully saturated rings. The fraction of sp³-hybridized carbons (Fsp3) is 0.364. The van der Waals surface area contributed by atoms with Crippen molar-refractivity contribution in [3.05, 3.63) is 18.2 Å². The molecule has 2 rings (SSSR count). The molecule has 1 aromatic rings. The Morgan fingerprint density at radius 1 is 1.50 bits per heavy atom. The molecule has 1 saturated heterocycles. The Morgan fingerprint density at radius 2 is 2.31 bits per heavy atom. The van der Waals surface area contributed by atoms with Gasteiger partial charge in [-0.3, -0.25) is 4.79 Å². The molecule has 0 unspecified atom stereocenters. The van der Waals surface area contributed by atoms with E-state index in [1.807, 2.05) is 0 Å². The van der Waals surface area contributed by atoms with Gasteiger partial charge < -0.3 is 19.5 Å². The SMILES string of the molecule is COc1ccc(N2CCOCC2=O)c(O)c1. The van der Waals surface area contributed by atoms with Crippen LogP contribution in [0, 0.1) is 0 Å². The molecular weight excluding hydrogens is 210 g/mol. The molecule has 5 heteroatoms. The second-order valence-electron chi connectivity index (χ2n) is 3.45. The van der Waals surface area contributed by atoms with E-state index in [9.17, 15) is 9.90 Å². The van der Waals surface area contributed by atoms with E-state index in [0.717, 1.165) is 0 Å². The van der Waals surface area contributed by atoms with E-state index in [4.69, 9.17) is 9.47 Å². The number of hydrogen-bond acceptors (Lipinski definition) is 4. The van der Waals surface area contributed by atoms with Gasteiger partial charge in [0.1, 0.15) is 18.1 Å². The van der Waals surface area contributed by atoms with Gasteiger partial charge in [-0.25, -0.2) is 0 Å². The van der Waals surface area contributed by atoms with Crippen molar-refractivity contribution in [3.63, 3.8) is 0 Å². The fourth-order valence-corrected chi connectivity index (χ4v) is 1.63. The summed E-state index contributed by atoms with van der Waals surface area (Å²) in [6.07, 6.45) is 0. The van der Waals surface area contributed by atoms with Crippen molar-refractivity contribution >= 4 is 11.6 Å². The maximum absolute atomic E-state index is 11.6. The predicted molar refractivity (Wildman–Crippen MR) is 57.8 cm³/mol. The Bertz CT molecular complexity index is 405. The summed E-state index contributed by atoms with van der Waals surface area (Å²) in [5, 5.41) is 9.78. The summed E-state index contributed by atoms with van der Waals surface area (Å²) in [5.41, 5.74) is 0.495. The van der Waals surface area contributed by atoms with Crippen LogP contribution in [0.4, 0.5) is 5.69 Å². The zero-order valence-electron chi connectivity index (χ0n) is 8.97. The van der Waals surface area contributed by atoms with Crippen LogP contribution in [0.15, 0.2) is 18.2 Å². The summed E-state index contributed by atoms with van der Waals surface area (Å²) in [7, 11) is 1.52. The highest BCUT2D eigenvalue weighted by molar-refractivity contribution is 5.96. The minimum absolute atomic E-state index is 0.0367. The topological polar surface area (TPSA) is 59.0 Å². The van der Waals surface area contributed by atoms with E-state index in [2.05, 4.69) is 0 Å². The molecule has 1 aromatic carbocycles. The molecule has 0 aliphatic carbocycles. The largest absolute Gasteiger partial charge is 0.506 e. The van der Waals surface area contributed by atoms with E-state index >= 15 is 0 Å². The van der Waals surface area contributed by atoms with Crippen LogP contribution in [-0.2, 0) is 9.53 Å². The molecule has 86 valence electrons. The molecule has 16 heavy (non-hydrogen) atoms. The van der Waals surface area contributed by atoms with Crippen molar-refractivity contribution < 1.29 is 19.4 Å². The first-order chi connectivity index (χ1) is 7.72. The van der Waals surface area contributed by atoms with E-state index in [1.165, 1.54) is 18.1 Å². The lowest BCUT2D eigenvalue weighted by Gasteiger charge is -2.27. The molecular formula is C11H13NO4. The summed E-state index contributed by atoms with van der Waals surface area (Å²) in [6, 6.07) is 4.85. The third-order valence-corrected chi connectivity index (χ3v) is 2.46. The maximum atomic E-state index is 11.6. The third-order valence-electron chi connectivity index (χ3n) is 2.46. The van der Waals surface area contributed by atoms with Gasteiger partial charge in [0.25, 0.3) is 5.91 Å². The van der Waals surface area contributed by atoms with Crippen molar-refractivity contribution in [1.29, 1.82) is 0 Å². The van der Waals surface area contributed by atoms with Gasteiger partial charge in [0.2, 0.25) is 0 Å². The van der Waals surface area contributed by atoms with Crippen molar-refractivity contribution in [2.75, 3.05) is 31.8 Å². The number of hydrogen-bond donors (Lipinski definition) is 1. The average Bonchev–Trinajstić information content (AvgIpc) is 2.30. The van der Waals surface area contributed by atoms with Gasteiger partial charge in [-0.2, -0.15) is 0 Å². The molecule has 0 spiro atoms. The number of morpholine rings is 1. The highest BCUT2D eigenvalue weighted by Crippen LogP contribution is 2.31. The Kier molecular flexibility index (Phi) is 2.96. The zero-order chi connectivity index (χ0) is 11.5. The van der Waals surface area contributed by atoms with Crippen LogP contribution in [0.3, 0.4) is 0 Å². The summed E-state index contributed by atoms with van der Waals surface area (Å²) in [4.78, 5) is 13.1. The molecule has 5 nitrogen and oxygen atoms in total. The molecule has 0 saturated carbocycles. The molecule has 1 amide bonds. The molecule has 0 aromatic heterocycles. The van der Waals surface area contributed by atoms with Crippen molar-refractivity contribution in [2.24, 2.45) is 0 Å². The van der Waals surface area contributed by atoms with Crippen LogP contribution in [0.1, 0.15) is 0 Å². The summed E-state index contributed by atoms with van der Waals surface area (Å²) in [5.74, 6) is 0.447. The highest BCUT2D eigenvalue weighted by Gasteiger charge is 2.22. The van der Waals surface area contributed by atoms with Crippen LogP contribution in [0.5, 0.6) is 11.5 Å². The van der Waals surface area contributed by atoms with Crippen molar-refractivity contribution in [3.8, 4) is 11.5 Å². The number of carbonyl (C=O) groups is 1. The number of phenolic OH excluding ortho intramolecular Hbond substituents is 1. The summed E-state index contributed by atoms with van der Waals surface area (Å²) >= 11 is 0. The monoisotopic (exact) mass is 223 g/mol. The average molecular weight is 223 g/mol. The first-order valence-corrected chi connectivity index (χ1v) is 4.97. The number of nitrogens with zero attached hydrogens (tertiary/aromatic N) is 1. The number of amides is 1. The number of aromatic hydroxyl groups is 1. The first-order valence-electron chi connectivity index (χ1n) is 4.97. The van der Waals surface area contributed by atoms with E-state index < -0.39 is 0 Å². The molecule has 0 bridgehead atoms. The number of rotatable bonds is 2. The summed E-state index contributed by atoms with van der Waals surface area (Å²) in [6.45, 7) is 1.00. The minimum Gasteiger partial charge on any atom is -0.506 e. The van der Waals surface area contributed by atoms with Gasteiger partial charge in [-0.1, -0.05) is 0 Å². The van der Waals surface area contributed by atoms with E-state index in [-0.39, 0.29) is 18.3 Å². The molecule has 0 radical (unpaired) electrons. The number of phenols is 1. The van der Waals surface area contributed by atoms with Gasteiger partial charge in [-0.15, -0.1) is 0 Å². The Labute approximate surface area is 93.2 Å². The molecule has 1 aliphatic heterocycles. The molecule has 0 atom stereocenters. The Balaban J connectivity index is 2.28. The second-order valence-corrected chi connectivity index (χ2v) is 3.45. The third kappa shape index (κ3) is 1.94. The predicted octanol–water partition coefficient (Wildman–Crippen LogP) is 0.764. The maximum Gasteiger partial charge on any atom is 0.253 e. The van der Waals surface area contributed by atoms with Gasteiger partial charge in [0.05, 0.1) is 19.4 Å². The van der Waals surface area contributed by atoms with Gasteiger partial charge in [0.15, 0.2) is 0 Å². The van der Waals surface area contributed by atoms with E-state index in [0.29, 0.717) is 24.6 Å². The quantitative estimate of drug-likeness (QED) is 0.804. The lowest BCUT2D eigenvalue weighted by molar-refractivity contribution is -0.125. The summed E-state index contributed by atoms with van der Waals surface area (Å²) < 4.78 is 10.00. The van der Waals surface area contributed by atoms with Gasteiger partial charge in [-0.05, 0) is 12.1 Å². The Morgan fingerprint density at radius 3 is 2.94 bits per heavy atom. The lowest BCUT2D eigenvalue weighted by atomic mass is 10.2.